The SMILES string of the molecule is Cc1cc(C)c([C@H](C)NC(=O)c2cn(C)c3ccccc3c2=O)cc1C. The number of fused-ring (bicyclic) bond motifs is 1. The highest BCUT2D eigenvalue weighted by Crippen LogP contribution is 2.22. The quantitative estimate of drug-likeness (QED) is 0.779. The van der Waals surface area contributed by atoms with E-state index in [1.807, 2.05) is 43.7 Å². The number of aryl methyl sites for hydroxylation is 4. The van der Waals surface area contributed by atoms with Crippen LogP contribution in [0.1, 0.15) is 45.6 Å². The van der Waals surface area contributed by atoms with Crippen LogP contribution in [-0.4, -0.2) is 10.5 Å². The van der Waals surface area contributed by atoms with Crippen molar-refractivity contribution in [3.05, 3.63) is 80.6 Å². The minimum atomic E-state index is -0.346. The number of carbonyl (C=O) groups excluding carboxylic acids is 1. The van der Waals surface area contributed by atoms with E-state index in [1.165, 1.54) is 11.1 Å². The van der Waals surface area contributed by atoms with Gasteiger partial charge in [-0.2, -0.15) is 0 Å². The molecule has 0 aliphatic heterocycles. The van der Waals surface area contributed by atoms with Crippen molar-refractivity contribution in [2.45, 2.75) is 33.7 Å². The van der Waals surface area contributed by atoms with E-state index in [9.17, 15) is 9.59 Å². The summed E-state index contributed by atoms with van der Waals surface area (Å²) in [7, 11) is 1.84. The van der Waals surface area contributed by atoms with Gasteiger partial charge in [0.05, 0.1) is 11.6 Å². The maximum atomic E-state index is 12.8. The van der Waals surface area contributed by atoms with Gasteiger partial charge in [-0.05, 0) is 62.1 Å². The van der Waals surface area contributed by atoms with Gasteiger partial charge in [0.25, 0.3) is 5.91 Å². The fourth-order valence-corrected chi connectivity index (χ4v) is 3.40. The van der Waals surface area contributed by atoms with Crippen LogP contribution in [-0.2, 0) is 7.05 Å². The number of benzene rings is 2. The van der Waals surface area contributed by atoms with Crippen molar-refractivity contribution in [1.82, 2.24) is 9.88 Å². The molecule has 4 heteroatoms. The van der Waals surface area contributed by atoms with Gasteiger partial charge in [0, 0.05) is 18.6 Å². The predicted molar refractivity (Wildman–Crippen MR) is 106 cm³/mol. The second kappa shape index (κ2) is 6.79. The molecule has 1 N–H and O–H groups in total. The zero-order valence-electron chi connectivity index (χ0n) is 15.9. The molecule has 0 fully saturated rings. The van der Waals surface area contributed by atoms with Crippen molar-refractivity contribution < 1.29 is 4.79 Å². The van der Waals surface area contributed by atoms with Gasteiger partial charge in [-0.3, -0.25) is 9.59 Å². The first-order valence-corrected chi connectivity index (χ1v) is 8.76. The Hall–Kier alpha value is -2.88. The first kappa shape index (κ1) is 17.9. The van der Waals surface area contributed by atoms with E-state index in [4.69, 9.17) is 0 Å². The highest BCUT2D eigenvalue weighted by Gasteiger charge is 2.18. The Kier molecular flexibility index (Phi) is 4.68. The number of para-hydroxylation sites is 1. The van der Waals surface area contributed by atoms with Gasteiger partial charge in [-0.15, -0.1) is 0 Å². The summed E-state index contributed by atoms with van der Waals surface area (Å²) in [5.74, 6) is -0.346. The summed E-state index contributed by atoms with van der Waals surface area (Å²) in [4.78, 5) is 25.5. The summed E-state index contributed by atoms with van der Waals surface area (Å²) in [6.45, 7) is 8.13. The molecule has 3 rings (SSSR count). The van der Waals surface area contributed by atoms with Gasteiger partial charge in [0.2, 0.25) is 5.43 Å². The van der Waals surface area contributed by atoms with Crippen LogP contribution < -0.4 is 10.7 Å². The molecule has 0 saturated heterocycles. The Morgan fingerprint density at radius 3 is 2.42 bits per heavy atom. The average Bonchev–Trinajstić information content (AvgIpc) is 2.61. The molecule has 1 amide bonds. The van der Waals surface area contributed by atoms with Gasteiger partial charge < -0.3 is 9.88 Å². The van der Waals surface area contributed by atoms with Crippen LogP contribution in [0.2, 0.25) is 0 Å². The maximum absolute atomic E-state index is 12.8. The molecule has 3 aromatic rings. The molecule has 1 atom stereocenters. The molecule has 0 aliphatic rings. The molecular weight excluding hydrogens is 324 g/mol. The van der Waals surface area contributed by atoms with E-state index in [0.717, 1.165) is 16.6 Å². The van der Waals surface area contributed by atoms with Crippen LogP contribution in [0.3, 0.4) is 0 Å². The van der Waals surface area contributed by atoms with E-state index in [2.05, 4.69) is 31.3 Å². The summed E-state index contributed by atoms with van der Waals surface area (Å²) in [6.07, 6.45) is 1.61. The molecule has 1 aromatic heterocycles. The smallest absolute Gasteiger partial charge is 0.257 e. The number of hydrogen-bond donors (Lipinski definition) is 1. The number of pyridine rings is 1. The molecule has 0 aliphatic carbocycles. The van der Waals surface area contributed by atoms with Crippen LogP contribution >= 0.6 is 0 Å². The zero-order valence-corrected chi connectivity index (χ0v) is 15.9. The molecule has 0 spiro atoms. The highest BCUT2D eigenvalue weighted by atomic mass is 16.2. The van der Waals surface area contributed by atoms with Crippen LogP contribution in [0.5, 0.6) is 0 Å². The lowest BCUT2D eigenvalue weighted by Gasteiger charge is -2.19. The van der Waals surface area contributed by atoms with Gasteiger partial charge in [-0.25, -0.2) is 0 Å². The number of rotatable bonds is 3. The van der Waals surface area contributed by atoms with Crippen LogP contribution in [0, 0.1) is 20.8 Å². The maximum Gasteiger partial charge on any atom is 0.257 e. The summed E-state index contributed by atoms with van der Waals surface area (Å²) in [5.41, 5.74) is 5.36. The minimum Gasteiger partial charge on any atom is -0.350 e. The molecular formula is C22H24N2O2. The Morgan fingerprint density at radius 1 is 1.04 bits per heavy atom. The molecule has 0 radical (unpaired) electrons. The third-order valence-electron chi connectivity index (χ3n) is 5.04. The van der Waals surface area contributed by atoms with Crippen molar-refractivity contribution in [2.75, 3.05) is 0 Å². The summed E-state index contributed by atoms with van der Waals surface area (Å²) < 4.78 is 1.82. The summed E-state index contributed by atoms with van der Waals surface area (Å²) in [6, 6.07) is 11.4. The van der Waals surface area contributed by atoms with E-state index < -0.39 is 0 Å². The third-order valence-corrected chi connectivity index (χ3v) is 5.04. The van der Waals surface area contributed by atoms with Crippen LogP contribution in [0.4, 0.5) is 0 Å². The molecule has 0 saturated carbocycles. The fraction of sp³-hybridized carbons (Fsp3) is 0.273. The number of nitrogens with zero attached hydrogens (tertiary/aromatic N) is 1. The summed E-state index contributed by atoms with van der Waals surface area (Å²) in [5, 5.41) is 3.53. The third kappa shape index (κ3) is 3.15. The van der Waals surface area contributed by atoms with Gasteiger partial charge >= 0.3 is 0 Å². The van der Waals surface area contributed by atoms with Gasteiger partial charge in [0.15, 0.2) is 0 Å². The Balaban J connectivity index is 1.96. The standard InChI is InChI=1S/C22H24N2O2/c1-13-10-15(3)18(11-14(13)2)16(4)23-22(26)19-12-24(5)20-9-7-6-8-17(20)21(19)25/h6-12,16H,1-5H3,(H,23,26)/t16-/m0/s1. The molecule has 0 unspecified atom stereocenters. The molecule has 26 heavy (non-hydrogen) atoms. The van der Waals surface area contributed by atoms with E-state index >= 15 is 0 Å². The number of amides is 1. The van der Waals surface area contributed by atoms with Crippen LogP contribution in [0.15, 0.2) is 47.4 Å². The lowest BCUT2D eigenvalue weighted by Crippen LogP contribution is -2.32. The lowest BCUT2D eigenvalue weighted by atomic mass is 9.96. The topological polar surface area (TPSA) is 51.1 Å². The lowest BCUT2D eigenvalue weighted by molar-refractivity contribution is 0.0938. The molecule has 2 aromatic carbocycles. The zero-order chi connectivity index (χ0) is 19.0. The van der Waals surface area contributed by atoms with E-state index in [0.29, 0.717) is 5.39 Å². The van der Waals surface area contributed by atoms with Crippen molar-refractivity contribution in [2.24, 2.45) is 7.05 Å². The first-order chi connectivity index (χ1) is 12.3. The van der Waals surface area contributed by atoms with Crippen molar-refractivity contribution in [3.8, 4) is 0 Å². The monoisotopic (exact) mass is 348 g/mol. The second-order valence-electron chi connectivity index (χ2n) is 6.99. The fourth-order valence-electron chi connectivity index (χ4n) is 3.40. The van der Waals surface area contributed by atoms with Gasteiger partial charge in [-0.1, -0.05) is 24.3 Å². The van der Waals surface area contributed by atoms with Gasteiger partial charge in [0.1, 0.15) is 5.56 Å². The van der Waals surface area contributed by atoms with Crippen molar-refractivity contribution in [1.29, 1.82) is 0 Å². The number of aromatic nitrogens is 1. The normalized spacial score (nSPS) is 12.2. The molecule has 134 valence electrons. The second-order valence-corrected chi connectivity index (χ2v) is 6.99. The minimum absolute atomic E-state index is 0.166. The largest absolute Gasteiger partial charge is 0.350 e. The number of hydrogen-bond acceptors (Lipinski definition) is 2. The average molecular weight is 348 g/mol. The van der Waals surface area contributed by atoms with Crippen molar-refractivity contribution in [3.63, 3.8) is 0 Å². The van der Waals surface area contributed by atoms with E-state index in [-0.39, 0.29) is 22.9 Å². The van der Waals surface area contributed by atoms with Crippen molar-refractivity contribution >= 4 is 16.8 Å². The molecule has 1 heterocycles. The molecule has 0 bridgehead atoms. The van der Waals surface area contributed by atoms with E-state index in [1.54, 1.807) is 12.3 Å². The van der Waals surface area contributed by atoms with Crippen LogP contribution in [0.25, 0.3) is 10.9 Å². The number of nitrogens with one attached hydrogen (secondary N) is 1. The summed E-state index contributed by atoms with van der Waals surface area (Å²) >= 11 is 0. The Bertz CT molecular complexity index is 1060. The highest BCUT2D eigenvalue weighted by molar-refractivity contribution is 5.97. The first-order valence-electron chi connectivity index (χ1n) is 8.76. The Morgan fingerprint density at radius 2 is 1.69 bits per heavy atom. The molecule has 4 nitrogen and oxygen atoms in total. The predicted octanol–water partition coefficient (Wildman–Crippen LogP) is 3.95. The Labute approximate surface area is 153 Å². The number of carbonyl (C=O) groups is 1.